The second-order valence-corrected chi connectivity index (χ2v) is 10.1. The number of aryl methyl sites for hydroxylation is 1. The molecule has 1 aliphatic heterocycles. The predicted octanol–water partition coefficient (Wildman–Crippen LogP) is 4.01. The number of carbonyl (C=O) groups is 1. The van der Waals surface area contributed by atoms with E-state index in [1.807, 2.05) is 55.5 Å². The van der Waals surface area contributed by atoms with E-state index in [1.165, 1.54) is 10.4 Å². The largest absolute Gasteiger partial charge is 0.497 e. The fourth-order valence-corrected chi connectivity index (χ4v) is 5.62. The van der Waals surface area contributed by atoms with Gasteiger partial charge in [-0.15, -0.1) is 0 Å². The molecular weight excluding hydrogens is 452 g/mol. The minimum absolute atomic E-state index is 0.174. The summed E-state index contributed by atoms with van der Waals surface area (Å²) in [5, 5.41) is 2.90. The molecular formula is C26H28N2O5S. The van der Waals surface area contributed by atoms with E-state index in [9.17, 15) is 13.2 Å². The van der Waals surface area contributed by atoms with Crippen LogP contribution in [0.15, 0.2) is 71.6 Å². The maximum Gasteiger partial charge on any atom is 0.264 e. The third kappa shape index (κ3) is 4.87. The highest BCUT2D eigenvalue weighted by Crippen LogP contribution is 2.33. The molecule has 7 nitrogen and oxygen atoms in total. The van der Waals surface area contributed by atoms with Crippen molar-refractivity contribution in [2.45, 2.75) is 31.2 Å². The Morgan fingerprint density at radius 1 is 1.09 bits per heavy atom. The molecule has 0 radical (unpaired) electrons. The van der Waals surface area contributed by atoms with Crippen LogP contribution in [0.1, 0.15) is 29.7 Å². The summed E-state index contributed by atoms with van der Waals surface area (Å²) in [6, 6.07) is 19.5. The summed E-state index contributed by atoms with van der Waals surface area (Å²) < 4.78 is 38.8. The van der Waals surface area contributed by atoms with Gasteiger partial charge in [0.05, 0.1) is 23.7 Å². The van der Waals surface area contributed by atoms with E-state index in [0.717, 1.165) is 22.6 Å². The summed E-state index contributed by atoms with van der Waals surface area (Å²) in [7, 11) is -2.08. The number of benzene rings is 3. The Morgan fingerprint density at radius 3 is 2.53 bits per heavy atom. The summed E-state index contributed by atoms with van der Waals surface area (Å²) in [5.41, 5.74) is 3.34. The monoisotopic (exact) mass is 480 g/mol. The SMILES string of the molecule is COc1ccc([C@@H](C)NC(=O)COc2ccc(S(=O)(=O)N3CCc4ccccc43)cc2C)cc1. The molecule has 1 amide bonds. The van der Waals surface area contributed by atoms with E-state index in [0.29, 0.717) is 24.3 Å². The molecule has 0 saturated heterocycles. The van der Waals surface area contributed by atoms with E-state index >= 15 is 0 Å². The van der Waals surface area contributed by atoms with Crippen LogP contribution >= 0.6 is 0 Å². The topological polar surface area (TPSA) is 84.9 Å². The Kier molecular flexibility index (Phi) is 6.79. The molecule has 0 unspecified atom stereocenters. The first-order valence-corrected chi connectivity index (χ1v) is 12.5. The lowest BCUT2D eigenvalue weighted by Crippen LogP contribution is -2.31. The number of methoxy groups -OCH3 is 1. The van der Waals surface area contributed by atoms with Crippen LogP contribution < -0.4 is 19.1 Å². The van der Waals surface area contributed by atoms with Gasteiger partial charge in [0.1, 0.15) is 11.5 Å². The highest BCUT2D eigenvalue weighted by atomic mass is 32.2. The zero-order chi connectivity index (χ0) is 24.3. The van der Waals surface area contributed by atoms with Gasteiger partial charge in [-0.05, 0) is 73.4 Å². The first-order valence-electron chi connectivity index (χ1n) is 11.1. The number of nitrogens with one attached hydrogen (secondary N) is 1. The molecule has 3 aromatic carbocycles. The van der Waals surface area contributed by atoms with Crippen LogP contribution in [-0.2, 0) is 21.2 Å². The minimum Gasteiger partial charge on any atom is -0.497 e. The lowest BCUT2D eigenvalue weighted by molar-refractivity contribution is -0.123. The molecule has 3 aromatic rings. The molecule has 4 rings (SSSR count). The number of para-hydroxylation sites is 1. The maximum atomic E-state index is 13.2. The molecule has 178 valence electrons. The Labute approximate surface area is 200 Å². The molecule has 8 heteroatoms. The number of fused-ring (bicyclic) bond motifs is 1. The van der Waals surface area contributed by atoms with Crippen molar-refractivity contribution in [1.29, 1.82) is 0 Å². The second-order valence-electron chi connectivity index (χ2n) is 8.23. The summed E-state index contributed by atoms with van der Waals surface area (Å²) in [6.07, 6.45) is 0.694. The third-order valence-corrected chi connectivity index (χ3v) is 7.74. The predicted molar refractivity (Wildman–Crippen MR) is 131 cm³/mol. The summed E-state index contributed by atoms with van der Waals surface area (Å²) >= 11 is 0. The normalized spacial score (nSPS) is 13.8. The first-order chi connectivity index (χ1) is 16.3. The Bertz CT molecular complexity index is 1290. The van der Waals surface area contributed by atoms with Crippen molar-refractivity contribution < 1.29 is 22.7 Å². The molecule has 0 fully saturated rings. The maximum absolute atomic E-state index is 13.2. The highest BCUT2D eigenvalue weighted by molar-refractivity contribution is 7.92. The average molecular weight is 481 g/mol. The molecule has 1 atom stereocenters. The van der Waals surface area contributed by atoms with E-state index in [-0.39, 0.29) is 23.5 Å². The van der Waals surface area contributed by atoms with E-state index in [2.05, 4.69) is 5.32 Å². The van der Waals surface area contributed by atoms with Crippen LogP contribution in [-0.4, -0.2) is 34.6 Å². The van der Waals surface area contributed by atoms with Gasteiger partial charge in [-0.1, -0.05) is 30.3 Å². The van der Waals surface area contributed by atoms with Gasteiger partial charge in [0, 0.05) is 6.54 Å². The smallest absolute Gasteiger partial charge is 0.264 e. The van der Waals surface area contributed by atoms with Crippen molar-refractivity contribution in [2.24, 2.45) is 0 Å². The van der Waals surface area contributed by atoms with Crippen molar-refractivity contribution in [3.05, 3.63) is 83.4 Å². The average Bonchev–Trinajstić information content (AvgIpc) is 3.28. The molecule has 34 heavy (non-hydrogen) atoms. The summed E-state index contributed by atoms with van der Waals surface area (Å²) in [5.74, 6) is 0.946. The van der Waals surface area contributed by atoms with Gasteiger partial charge in [-0.3, -0.25) is 9.10 Å². The van der Waals surface area contributed by atoms with Gasteiger partial charge in [0.25, 0.3) is 15.9 Å². The number of anilines is 1. The van der Waals surface area contributed by atoms with Gasteiger partial charge in [0.2, 0.25) is 0 Å². The lowest BCUT2D eigenvalue weighted by Gasteiger charge is -2.20. The quantitative estimate of drug-likeness (QED) is 0.527. The highest BCUT2D eigenvalue weighted by Gasteiger charge is 2.30. The van der Waals surface area contributed by atoms with Gasteiger partial charge < -0.3 is 14.8 Å². The van der Waals surface area contributed by atoms with Crippen molar-refractivity contribution in [2.75, 3.05) is 24.6 Å². The van der Waals surface area contributed by atoms with Crippen molar-refractivity contribution in [1.82, 2.24) is 5.32 Å². The van der Waals surface area contributed by atoms with Crippen molar-refractivity contribution in [3.8, 4) is 11.5 Å². The van der Waals surface area contributed by atoms with Crippen LogP contribution in [0.4, 0.5) is 5.69 Å². The molecule has 0 spiro atoms. The second kappa shape index (κ2) is 9.77. The fraction of sp³-hybridized carbons (Fsp3) is 0.269. The summed E-state index contributed by atoms with van der Waals surface area (Å²) in [6.45, 7) is 3.91. The Hall–Kier alpha value is -3.52. The van der Waals surface area contributed by atoms with Crippen molar-refractivity contribution >= 4 is 21.6 Å². The number of rotatable bonds is 8. The van der Waals surface area contributed by atoms with E-state index in [1.54, 1.807) is 26.2 Å². The van der Waals surface area contributed by atoms with Crippen molar-refractivity contribution in [3.63, 3.8) is 0 Å². The van der Waals surface area contributed by atoms with E-state index < -0.39 is 10.0 Å². The molecule has 0 aromatic heterocycles. The van der Waals surface area contributed by atoms with Gasteiger partial charge in [-0.2, -0.15) is 0 Å². The van der Waals surface area contributed by atoms with Gasteiger partial charge in [0.15, 0.2) is 6.61 Å². The van der Waals surface area contributed by atoms with Crippen LogP contribution in [0, 0.1) is 6.92 Å². The molecule has 1 N–H and O–H groups in total. The molecule has 0 saturated carbocycles. The van der Waals surface area contributed by atoms with Crippen LogP contribution in [0.3, 0.4) is 0 Å². The number of hydrogen-bond donors (Lipinski definition) is 1. The number of amides is 1. The van der Waals surface area contributed by atoms with Crippen LogP contribution in [0.25, 0.3) is 0 Å². The minimum atomic E-state index is -3.68. The number of ether oxygens (including phenoxy) is 2. The molecule has 0 aliphatic carbocycles. The molecule has 1 heterocycles. The zero-order valence-electron chi connectivity index (χ0n) is 19.4. The van der Waals surface area contributed by atoms with Crippen LogP contribution in [0.2, 0.25) is 0 Å². The molecule has 1 aliphatic rings. The number of carbonyl (C=O) groups excluding carboxylic acids is 1. The molecule has 0 bridgehead atoms. The third-order valence-electron chi connectivity index (χ3n) is 5.93. The lowest BCUT2D eigenvalue weighted by atomic mass is 10.1. The standard InChI is InChI=1S/C26H28N2O5S/c1-18-16-23(34(30,31)28-15-14-21-6-4-5-7-24(21)28)12-13-25(18)33-17-26(29)27-19(2)20-8-10-22(32-3)11-9-20/h4-13,16,19H,14-15,17H2,1-3H3,(H,27,29)/t19-/m1/s1. The van der Waals surface area contributed by atoms with Crippen LogP contribution in [0.5, 0.6) is 11.5 Å². The van der Waals surface area contributed by atoms with Gasteiger partial charge >= 0.3 is 0 Å². The fourth-order valence-electron chi connectivity index (χ4n) is 4.03. The van der Waals surface area contributed by atoms with Gasteiger partial charge in [-0.25, -0.2) is 8.42 Å². The first kappa shape index (κ1) is 23.6. The number of hydrogen-bond acceptors (Lipinski definition) is 5. The Balaban J connectivity index is 1.39. The number of sulfonamides is 1. The number of nitrogens with zero attached hydrogens (tertiary/aromatic N) is 1. The van der Waals surface area contributed by atoms with E-state index in [4.69, 9.17) is 9.47 Å². The Morgan fingerprint density at radius 2 is 1.82 bits per heavy atom. The zero-order valence-corrected chi connectivity index (χ0v) is 20.3. The summed E-state index contributed by atoms with van der Waals surface area (Å²) in [4.78, 5) is 12.6.